The average molecular weight is 185 g/mol. The van der Waals surface area contributed by atoms with Gasteiger partial charge in [-0.05, 0) is 6.07 Å². The fourth-order valence-corrected chi connectivity index (χ4v) is 1.44. The molecule has 3 rings (SSSR count). The summed E-state index contributed by atoms with van der Waals surface area (Å²) in [6, 6.07) is 1.86. The molecule has 0 atom stereocenters. The monoisotopic (exact) mass is 185 g/mol. The second kappa shape index (κ2) is 2.66. The van der Waals surface area contributed by atoms with E-state index in [4.69, 9.17) is 0 Å². The number of pyridine rings is 1. The van der Waals surface area contributed by atoms with Gasteiger partial charge in [-0.25, -0.2) is 9.97 Å². The molecule has 0 aliphatic carbocycles. The molecule has 68 valence electrons. The van der Waals surface area contributed by atoms with Gasteiger partial charge in [0.2, 0.25) is 0 Å². The molecule has 3 aromatic rings. The third kappa shape index (κ3) is 0.922. The minimum atomic E-state index is 0.750. The van der Waals surface area contributed by atoms with E-state index >= 15 is 0 Å². The summed E-state index contributed by atoms with van der Waals surface area (Å²) < 4.78 is 0. The number of imidazole rings is 2. The Balaban J connectivity index is 2.36. The lowest BCUT2D eigenvalue weighted by atomic mass is 10.3. The van der Waals surface area contributed by atoms with Gasteiger partial charge >= 0.3 is 0 Å². The van der Waals surface area contributed by atoms with Crippen LogP contribution in [0.1, 0.15) is 0 Å². The van der Waals surface area contributed by atoms with Crippen molar-refractivity contribution in [3.05, 3.63) is 31.0 Å². The summed E-state index contributed by atoms with van der Waals surface area (Å²) in [5.41, 5.74) is 2.60. The Labute approximate surface area is 79.2 Å². The van der Waals surface area contributed by atoms with Crippen molar-refractivity contribution < 1.29 is 0 Å². The van der Waals surface area contributed by atoms with E-state index in [9.17, 15) is 0 Å². The number of hydrogen-bond donors (Lipinski definition) is 2. The van der Waals surface area contributed by atoms with Crippen LogP contribution in [-0.4, -0.2) is 24.9 Å². The van der Waals surface area contributed by atoms with Crippen LogP contribution in [0.4, 0.5) is 0 Å². The van der Waals surface area contributed by atoms with Gasteiger partial charge in [-0.3, -0.25) is 4.98 Å². The van der Waals surface area contributed by atoms with Gasteiger partial charge in [0.1, 0.15) is 5.69 Å². The maximum atomic E-state index is 4.26. The molecule has 5 nitrogen and oxygen atoms in total. The third-order valence-electron chi connectivity index (χ3n) is 2.06. The van der Waals surface area contributed by atoms with E-state index in [0.29, 0.717) is 0 Å². The van der Waals surface area contributed by atoms with Gasteiger partial charge in [0, 0.05) is 18.6 Å². The summed E-state index contributed by atoms with van der Waals surface area (Å²) in [6.07, 6.45) is 6.85. The number of fused-ring (bicyclic) bond motifs is 1. The number of hydrogen-bond acceptors (Lipinski definition) is 3. The smallest absolute Gasteiger partial charge is 0.158 e. The largest absolute Gasteiger partial charge is 0.343 e. The Bertz CT molecular complexity index is 551. The molecule has 0 amide bonds. The molecule has 0 saturated heterocycles. The van der Waals surface area contributed by atoms with E-state index in [1.54, 1.807) is 24.9 Å². The zero-order valence-electron chi connectivity index (χ0n) is 7.23. The second-order valence-electron chi connectivity index (χ2n) is 2.89. The van der Waals surface area contributed by atoms with Gasteiger partial charge in [-0.15, -0.1) is 0 Å². The molecule has 0 unspecified atom stereocenters. The molecule has 0 saturated carbocycles. The minimum absolute atomic E-state index is 0.750. The van der Waals surface area contributed by atoms with Gasteiger partial charge in [0.05, 0.1) is 17.4 Å². The first kappa shape index (κ1) is 7.25. The molecule has 0 aromatic carbocycles. The first-order chi connectivity index (χ1) is 6.95. The minimum Gasteiger partial charge on any atom is -0.343 e. The predicted molar refractivity (Wildman–Crippen MR) is 51.5 cm³/mol. The van der Waals surface area contributed by atoms with Gasteiger partial charge in [-0.2, -0.15) is 0 Å². The van der Waals surface area contributed by atoms with Crippen LogP contribution in [-0.2, 0) is 0 Å². The molecule has 3 heterocycles. The number of aromatic amines is 2. The molecular formula is C9H7N5. The highest BCUT2D eigenvalue weighted by atomic mass is 15.0. The zero-order valence-corrected chi connectivity index (χ0v) is 7.23. The molecule has 0 aliphatic heterocycles. The van der Waals surface area contributed by atoms with E-state index in [-0.39, 0.29) is 0 Å². The Morgan fingerprint density at radius 3 is 2.86 bits per heavy atom. The highest BCUT2D eigenvalue weighted by molar-refractivity contribution is 5.86. The van der Waals surface area contributed by atoms with Crippen LogP contribution >= 0.6 is 0 Å². The molecule has 0 bridgehead atoms. The molecule has 0 spiro atoms. The highest BCUT2D eigenvalue weighted by Crippen LogP contribution is 2.19. The van der Waals surface area contributed by atoms with Crippen molar-refractivity contribution in [3.8, 4) is 11.5 Å². The van der Waals surface area contributed by atoms with E-state index in [1.807, 2.05) is 6.07 Å². The molecule has 0 aliphatic rings. The lowest BCUT2D eigenvalue weighted by Crippen LogP contribution is -1.86. The lowest BCUT2D eigenvalue weighted by molar-refractivity contribution is 1.23. The molecule has 5 heteroatoms. The van der Waals surface area contributed by atoms with E-state index in [0.717, 1.165) is 22.6 Å². The van der Waals surface area contributed by atoms with E-state index < -0.39 is 0 Å². The Morgan fingerprint density at radius 1 is 1.00 bits per heavy atom. The first-order valence-electron chi connectivity index (χ1n) is 4.23. The van der Waals surface area contributed by atoms with Crippen LogP contribution in [0.25, 0.3) is 22.6 Å². The van der Waals surface area contributed by atoms with E-state index in [1.165, 1.54) is 0 Å². The normalized spacial score (nSPS) is 10.9. The van der Waals surface area contributed by atoms with Gasteiger partial charge < -0.3 is 9.97 Å². The van der Waals surface area contributed by atoms with Gasteiger partial charge in [-0.1, -0.05) is 0 Å². The molecule has 3 aromatic heterocycles. The maximum absolute atomic E-state index is 4.26. The van der Waals surface area contributed by atoms with Crippen LogP contribution in [0.2, 0.25) is 0 Å². The SMILES string of the molecule is c1c[nH]c(-c2nccc3nc[nH]c23)n1. The molecule has 0 radical (unpaired) electrons. The lowest BCUT2D eigenvalue weighted by Gasteiger charge is -1.96. The Kier molecular flexibility index (Phi) is 1.38. The van der Waals surface area contributed by atoms with Crippen LogP contribution in [0.5, 0.6) is 0 Å². The first-order valence-corrected chi connectivity index (χ1v) is 4.23. The molecular weight excluding hydrogens is 178 g/mol. The summed E-state index contributed by atoms with van der Waals surface area (Å²) in [6.45, 7) is 0. The van der Waals surface area contributed by atoms with Crippen LogP contribution < -0.4 is 0 Å². The number of nitrogens with zero attached hydrogens (tertiary/aromatic N) is 3. The Morgan fingerprint density at radius 2 is 2.00 bits per heavy atom. The number of rotatable bonds is 1. The third-order valence-corrected chi connectivity index (χ3v) is 2.06. The number of H-pyrrole nitrogens is 2. The van der Waals surface area contributed by atoms with Crippen molar-refractivity contribution in [2.24, 2.45) is 0 Å². The molecule has 14 heavy (non-hydrogen) atoms. The Hall–Kier alpha value is -2.17. The standard InChI is InChI=1S/C9H7N5/c1-2-10-8(9-11-3-4-12-9)7-6(1)13-5-14-7/h1-5H,(H,11,12)(H,13,14). The summed E-state index contributed by atoms with van der Waals surface area (Å²) >= 11 is 0. The quantitative estimate of drug-likeness (QED) is 0.601. The van der Waals surface area contributed by atoms with Crippen LogP contribution in [0, 0.1) is 0 Å². The predicted octanol–water partition coefficient (Wildman–Crippen LogP) is 1.35. The van der Waals surface area contributed by atoms with Gasteiger partial charge in [0.25, 0.3) is 0 Å². The average Bonchev–Trinajstić information content (AvgIpc) is 2.88. The topological polar surface area (TPSA) is 70.2 Å². The van der Waals surface area contributed by atoms with Crippen molar-refractivity contribution in [2.75, 3.05) is 0 Å². The van der Waals surface area contributed by atoms with Crippen molar-refractivity contribution in [2.45, 2.75) is 0 Å². The molecule has 0 fully saturated rings. The van der Waals surface area contributed by atoms with Crippen LogP contribution in [0.3, 0.4) is 0 Å². The van der Waals surface area contributed by atoms with Gasteiger partial charge in [0.15, 0.2) is 5.82 Å². The van der Waals surface area contributed by atoms with Crippen molar-refractivity contribution in [3.63, 3.8) is 0 Å². The van der Waals surface area contributed by atoms with Crippen LogP contribution in [0.15, 0.2) is 31.0 Å². The fourth-order valence-electron chi connectivity index (χ4n) is 1.44. The van der Waals surface area contributed by atoms with Crippen molar-refractivity contribution in [1.82, 2.24) is 24.9 Å². The molecule has 2 N–H and O–H groups in total. The summed E-state index contributed by atoms with van der Waals surface area (Å²) in [5, 5.41) is 0. The summed E-state index contributed by atoms with van der Waals surface area (Å²) in [4.78, 5) is 18.6. The number of aromatic nitrogens is 5. The second-order valence-corrected chi connectivity index (χ2v) is 2.89. The number of nitrogens with one attached hydrogen (secondary N) is 2. The van der Waals surface area contributed by atoms with Crippen molar-refractivity contribution in [1.29, 1.82) is 0 Å². The zero-order chi connectivity index (χ0) is 9.38. The maximum Gasteiger partial charge on any atom is 0.158 e. The van der Waals surface area contributed by atoms with Crippen molar-refractivity contribution >= 4 is 11.0 Å². The summed E-state index contributed by atoms with van der Waals surface area (Å²) in [5.74, 6) is 0.750. The van der Waals surface area contributed by atoms with E-state index in [2.05, 4.69) is 24.9 Å². The summed E-state index contributed by atoms with van der Waals surface area (Å²) in [7, 11) is 0. The fraction of sp³-hybridized carbons (Fsp3) is 0. The highest BCUT2D eigenvalue weighted by Gasteiger charge is 2.07.